The molecule has 0 saturated carbocycles. The average molecular weight is 138 g/mol. The van der Waals surface area contributed by atoms with E-state index < -0.39 is 7.82 Å². The Labute approximate surface area is 80.2 Å². The van der Waals surface area contributed by atoms with E-state index in [0.29, 0.717) is 0 Å². The van der Waals surface area contributed by atoms with E-state index in [9.17, 15) is 9.46 Å². The monoisotopic (exact) mass is 138 g/mol. The summed E-state index contributed by atoms with van der Waals surface area (Å²) in [5.41, 5.74) is 0. The summed E-state index contributed by atoms with van der Waals surface area (Å²) in [5.74, 6) is 0. The fraction of sp³-hybridized carbons (Fsp3) is 0. The first-order valence-corrected chi connectivity index (χ1v) is 2.19. The summed E-state index contributed by atoms with van der Waals surface area (Å²) in [7, 11) is -4.57. The molecule has 0 atom stereocenters. The third kappa shape index (κ3) is 42.4. The van der Waals surface area contributed by atoms with Crippen LogP contribution >= 0.6 is 7.82 Å². The molecule has 0 rings (SSSR count). The zero-order chi connectivity index (χ0) is 5.91. The van der Waals surface area contributed by atoms with Crippen LogP contribution in [0.2, 0.25) is 0 Å². The topological polar surface area (TPSA) is 80.6 Å². The zero-order valence-corrected chi connectivity index (χ0v) is 7.10. The summed E-state index contributed by atoms with van der Waals surface area (Å²) in [6.07, 6.45) is 0. The summed E-state index contributed by atoms with van der Waals surface area (Å²) in [6, 6.07) is 0. The third-order valence-corrected chi connectivity index (χ3v) is 0. The van der Waals surface area contributed by atoms with Crippen molar-refractivity contribution >= 4 is 7.82 Å². The molecule has 0 fully saturated rings. The van der Waals surface area contributed by atoms with Gasteiger partial charge in [-0.15, -0.1) is 0 Å². The van der Waals surface area contributed by atoms with E-state index in [2.05, 4.69) is 9.79 Å². The molecule has 0 aliphatic heterocycles. The van der Waals surface area contributed by atoms with Crippen LogP contribution in [0.1, 0.15) is 0 Å². The minimum Gasteiger partial charge on any atom is -0.756 e. The Balaban J connectivity index is 0. The largest absolute Gasteiger partial charge is 1.00 e. The van der Waals surface area contributed by atoms with Crippen molar-refractivity contribution in [3.8, 4) is 0 Å². The van der Waals surface area contributed by atoms with E-state index in [-0.39, 0.29) is 51.4 Å². The molecule has 0 radical (unpaired) electrons. The molecule has 0 amide bonds. The molecule has 6 heteroatoms. The van der Waals surface area contributed by atoms with Crippen molar-refractivity contribution < 1.29 is 70.6 Å². The maximum atomic E-state index is 9.58. The minimum absolute atomic E-state index is 0. The van der Waals surface area contributed by atoms with Crippen LogP contribution in [0, 0.1) is 0 Å². The number of hydrogen-bond acceptors (Lipinski definition) is 4. The van der Waals surface area contributed by atoms with E-state index >= 15 is 0 Å². The summed E-state index contributed by atoms with van der Waals surface area (Å²) < 4.78 is 20.9. The summed E-state index contributed by atoms with van der Waals surface area (Å²) >= 11 is 0. The molecule has 4 nitrogen and oxygen atoms in total. The Morgan fingerprint density at radius 2 is 2.17 bits per heavy atom. The van der Waals surface area contributed by atoms with Crippen molar-refractivity contribution in [2.75, 3.05) is 0 Å². The molecule has 0 saturated heterocycles. The second-order valence-electron chi connectivity index (χ2n) is 0.447. The first kappa shape index (κ1) is 5.88. The van der Waals surface area contributed by atoms with E-state index in [1.54, 1.807) is 0 Å². The van der Waals surface area contributed by atoms with E-state index in [1.807, 2.05) is 0 Å². The van der Waals surface area contributed by atoms with Gasteiger partial charge in [-0.1, -0.05) is 0 Å². The molecule has 2 N–H and O–H groups in total. The molecule has 32 valence electrons. The van der Waals surface area contributed by atoms with Crippen molar-refractivity contribution in [2.24, 2.45) is 0 Å². The van der Waals surface area contributed by atoms with Gasteiger partial charge in [0.15, 0.2) is 0 Å². The van der Waals surface area contributed by atoms with Crippen molar-refractivity contribution in [1.29, 1.82) is 2.86 Å². The molecule has 0 aliphatic carbocycles. The van der Waals surface area contributed by atoms with Gasteiger partial charge in [0.05, 0.1) is 0 Å². The molecule has 0 aromatic heterocycles. The fourth-order valence-corrected chi connectivity index (χ4v) is 0. The maximum Gasteiger partial charge on any atom is 1.00 e. The fourth-order valence-electron chi connectivity index (χ4n) is 0. The van der Waals surface area contributed by atoms with Crippen LogP contribution in [0.5, 0.6) is 0 Å². The van der Waals surface area contributed by atoms with Crippen molar-refractivity contribution in [3.05, 3.63) is 0 Å². The second kappa shape index (κ2) is 3.71. The van der Waals surface area contributed by atoms with Gasteiger partial charge in [-0.2, -0.15) is 0 Å². The molecule has 0 aliphatic rings. The summed E-state index contributed by atoms with van der Waals surface area (Å²) in [5, 5.41) is 0. The first-order valence-electron chi connectivity index (χ1n) is 1.55. The van der Waals surface area contributed by atoms with Crippen molar-refractivity contribution in [3.63, 3.8) is 0 Å². The Kier molecular flexibility index (Phi) is 3.64. The summed E-state index contributed by atoms with van der Waals surface area (Å²) in [4.78, 5) is 15.4. The predicted octanol–water partition coefficient (Wildman–Crippen LogP) is -4.56. The number of hydrogen-bond donors (Lipinski definition) is 2. The maximum absolute atomic E-state index is 9.58. The average Bonchev–Trinajstić information content (AvgIpc) is 1.68. The Morgan fingerprint density at radius 3 is 2.17 bits per heavy atom. The Bertz CT molecular complexity index is 86.0. The van der Waals surface area contributed by atoms with Gasteiger partial charge in [0.1, 0.15) is 0 Å². The molecular formula is H2KO4P. The van der Waals surface area contributed by atoms with Gasteiger partial charge < -0.3 is 14.7 Å². The molecular weight excluding hydrogens is 134 g/mol. The quantitative estimate of drug-likeness (QED) is 0.297. The smallest absolute Gasteiger partial charge is 0.756 e. The summed E-state index contributed by atoms with van der Waals surface area (Å²) in [6.45, 7) is 0. The first-order chi connectivity index (χ1) is 3.12. The standard InChI is InChI=1S/K.H3O4P/c;1-5(2,3)4/h;(H3,1,2,3,4)/q+1;/p-1/i/hD2. The van der Waals surface area contributed by atoms with Crippen LogP contribution < -0.4 is 56.3 Å². The van der Waals surface area contributed by atoms with Crippen LogP contribution in [0.3, 0.4) is 0 Å². The molecule has 0 aromatic rings. The third-order valence-electron chi connectivity index (χ3n) is 0. The molecule has 0 aromatic carbocycles. The van der Waals surface area contributed by atoms with Gasteiger partial charge >= 0.3 is 51.4 Å². The SMILES string of the molecule is [2H]OP(=O)([O-])O[2H].[K+]. The molecule has 6 heavy (non-hydrogen) atoms. The van der Waals surface area contributed by atoms with Crippen LogP contribution in [0.25, 0.3) is 0 Å². The normalized spacial score (nSPS) is 14.2. The van der Waals surface area contributed by atoms with Crippen LogP contribution in [-0.2, 0) is 4.57 Å². The van der Waals surface area contributed by atoms with Gasteiger partial charge in [-0.3, -0.25) is 4.57 Å². The molecule has 0 bridgehead atoms. The van der Waals surface area contributed by atoms with Gasteiger partial charge in [0.2, 0.25) is 2.86 Å². The van der Waals surface area contributed by atoms with Crippen molar-refractivity contribution in [2.45, 2.75) is 0 Å². The molecule has 0 heterocycles. The van der Waals surface area contributed by atoms with E-state index in [4.69, 9.17) is 2.86 Å². The van der Waals surface area contributed by atoms with Gasteiger partial charge in [0, 0.05) is 0 Å². The minimum atomic E-state index is -4.57. The molecule has 0 unspecified atom stereocenters. The van der Waals surface area contributed by atoms with E-state index in [1.165, 1.54) is 0 Å². The van der Waals surface area contributed by atoms with Crippen LogP contribution in [0.4, 0.5) is 0 Å². The van der Waals surface area contributed by atoms with E-state index in [0.717, 1.165) is 0 Å². The van der Waals surface area contributed by atoms with Crippen molar-refractivity contribution in [1.82, 2.24) is 0 Å². The van der Waals surface area contributed by atoms with Gasteiger partial charge in [0.25, 0.3) is 7.82 Å². The Morgan fingerprint density at radius 1 is 1.83 bits per heavy atom. The van der Waals surface area contributed by atoms with Gasteiger partial charge in [-0.25, -0.2) is 0 Å². The predicted molar refractivity (Wildman–Crippen MR) is 12.0 cm³/mol. The zero-order valence-electron chi connectivity index (χ0n) is 5.08. The Hall–Kier alpha value is 1.75. The second-order valence-corrected chi connectivity index (χ2v) is 1.34. The number of rotatable bonds is 2. The molecule has 0 spiro atoms. The van der Waals surface area contributed by atoms with Crippen LogP contribution in [-0.4, -0.2) is 12.7 Å². The van der Waals surface area contributed by atoms with Crippen LogP contribution in [0.15, 0.2) is 0 Å². The van der Waals surface area contributed by atoms with Gasteiger partial charge in [-0.05, 0) is 0 Å². The number of phosphoric acid groups is 1.